The van der Waals surface area contributed by atoms with Crippen LogP contribution in [0.3, 0.4) is 0 Å². The van der Waals surface area contributed by atoms with Gasteiger partial charge in [0.25, 0.3) is 5.91 Å². The first kappa shape index (κ1) is 19.9. The van der Waals surface area contributed by atoms with Crippen molar-refractivity contribution in [1.29, 1.82) is 0 Å². The van der Waals surface area contributed by atoms with Gasteiger partial charge in [0.05, 0.1) is 10.6 Å². The third-order valence-electron chi connectivity index (χ3n) is 7.39. The number of aliphatic hydroxyl groups is 1. The molecule has 5 nitrogen and oxygen atoms in total. The minimum absolute atomic E-state index is 0.0122. The number of benzene rings is 2. The number of carbonyl (C=O) groups is 1. The Labute approximate surface area is 190 Å². The molecule has 1 amide bonds. The van der Waals surface area contributed by atoms with Crippen molar-refractivity contribution in [2.75, 3.05) is 0 Å². The second kappa shape index (κ2) is 7.37. The van der Waals surface area contributed by atoms with Crippen LogP contribution in [0.25, 0.3) is 0 Å². The lowest BCUT2D eigenvalue weighted by Crippen LogP contribution is -2.53. The van der Waals surface area contributed by atoms with Crippen molar-refractivity contribution >= 4 is 29.4 Å². The Kier molecular flexibility index (Phi) is 4.57. The fourth-order valence-corrected chi connectivity index (χ4v) is 6.80. The highest BCUT2D eigenvalue weighted by atomic mass is 32.2. The summed E-state index contributed by atoms with van der Waals surface area (Å²) >= 11 is 1.42. The first-order valence-corrected chi connectivity index (χ1v) is 11.9. The molecule has 2 fully saturated rings. The van der Waals surface area contributed by atoms with Crippen molar-refractivity contribution in [3.8, 4) is 0 Å². The molecule has 2 aromatic rings. The van der Waals surface area contributed by atoms with E-state index < -0.39 is 0 Å². The van der Waals surface area contributed by atoms with Gasteiger partial charge in [-0.05, 0) is 85.4 Å². The van der Waals surface area contributed by atoms with Crippen LogP contribution in [0.1, 0.15) is 30.4 Å². The van der Waals surface area contributed by atoms with Crippen LogP contribution in [0.15, 0.2) is 63.7 Å². The fourth-order valence-electron chi connectivity index (χ4n) is 5.99. The Balaban J connectivity index is 1.42. The van der Waals surface area contributed by atoms with E-state index in [1.165, 1.54) is 24.1 Å². The molecule has 2 bridgehead atoms. The summed E-state index contributed by atoms with van der Waals surface area (Å²) in [6.07, 6.45) is 3.21. The van der Waals surface area contributed by atoms with E-state index in [9.17, 15) is 14.3 Å². The van der Waals surface area contributed by atoms with Crippen molar-refractivity contribution in [3.63, 3.8) is 0 Å². The van der Waals surface area contributed by atoms with Crippen LogP contribution in [-0.4, -0.2) is 27.8 Å². The van der Waals surface area contributed by atoms with E-state index in [0.29, 0.717) is 24.2 Å². The van der Waals surface area contributed by atoms with Crippen LogP contribution in [0.5, 0.6) is 0 Å². The molecule has 4 atom stereocenters. The summed E-state index contributed by atoms with van der Waals surface area (Å²) in [5.41, 5.74) is 3.10. The van der Waals surface area contributed by atoms with Gasteiger partial charge in [-0.25, -0.2) is 9.38 Å². The van der Waals surface area contributed by atoms with E-state index in [1.807, 2.05) is 24.0 Å². The Morgan fingerprint density at radius 3 is 2.78 bits per heavy atom. The molecule has 2 heterocycles. The van der Waals surface area contributed by atoms with Crippen molar-refractivity contribution in [2.45, 2.75) is 43.7 Å². The van der Waals surface area contributed by atoms with E-state index in [1.54, 1.807) is 12.1 Å². The van der Waals surface area contributed by atoms with E-state index >= 15 is 0 Å². The average Bonchev–Trinajstić information content (AvgIpc) is 3.40. The van der Waals surface area contributed by atoms with Crippen molar-refractivity contribution in [2.24, 2.45) is 22.7 Å². The number of aryl methyl sites for hydroxylation is 1. The standard InChI is InChI=1S/C25H24FN3O2S/c1-13-2-9-18-19(10-13)32-28-24(27-18)21-23(30)20-15-5-6-16(11-15)22(20)29(25(21)31)12-14-3-7-17(26)8-4-14/h2-4,7-10,15-16,20,22,30H,5-6,11-12H2,1H3,(H,27,28)/t15-,16+,20+,22-/m0/s1. The molecule has 32 heavy (non-hydrogen) atoms. The third-order valence-corrected chi connectivity index (χ3v) is 8.23. The average molecular weight is 450 g/mol. The molecule has 6 rings (SSSR count). The van der Waals surface area contributed by atoms with Crippen molar-refractivity contribution in [1.82, 2.24) is 9.62 Å². The Morgan fingerprint density at radius 2 is 1.97 bits per heavy atom. The number of hydrogen-bond acceptors (Lipinski definition) is 5. The predicted molar refractivity (Wildman–Crippen MR) is 122 cm³/mol. The summed E-state index contributed by atoms with van der Waals surface area (Å²) in [5, 5.41) is 11.3. The third kappa shape index (κ3) is 3.05. The normalized spacial score (nSPS) is 28.4. The minimum Gasteiger partial charge on any atom is -0.511 e. The zero-order valence-corrected chi connectivity index (χ0v) is 18.5. The molecule has 164 valence electrons. The van der Waals surface area contributed by atoms with Crippen LogP contribution < -0.4 is 4.72 Å². The first-order valence-electron chi connectivity index (χ1n) is 11.1. The van der Waals surface area contributed by atoms with E-state index in [-0.39, 0.29) is 35.0 Å². The number of aliphatic imine (C=N–C) groups is 1. The number of fused-ring (bicyclic) bond motifs is 6. The van der Waals surface area contributed by atoms with Gasteiger partial charge < -0.3 is 14.7 Å². The van der Waals surface area contributed by atoms with E-state index in [2.05, 4.69) is 10.8 Å². The molecule has 7 heteroatoms. The van der Waals surface area contributed by atoms with Gasteiger partial charge in [-0.15, -0.1) is 0 Å². The molecule has 0 unspecified atom stereocenters. The number of amidine groups is 1. The molecule has 0 saturated heterocycles. The van der Waals surface area contributed by atoms with Crippen LogP contribution in [-0.2, 0) is 11.3 Å². The Bertz CT molecular complexity index is 1180. The van der Waals surface area contributed by atoms with Gasteiger partial charge in [-0.1, -0.05) is 18.2 Å². The fraction of sp³-hybridized carbons (Fsp3) is 0.360. The van der Waals surface area contributed by atoms with Crippen molar-refractivity contribution < 1.29 is 14.3 Å². The number of nitrogens with one attached hydrogen (secondary N) is 1. The zero-order valence-electron chi connectivity index (χ0n) is 17.7. The molecular formula is C25H24FN3O2S. The SMILES string of the molecule is Cc1ccc2c(c1)SNC(C1=C(O)[C@@H]3[C@H]4CC[C@H](C4)[C@@H]3N(Cc3ccc(F)cc3)C1=O)=N2. The Morgan fingerprint density at radius 1 is 1.19 bits per heavy atom. The Hall–Kier alpha value is -2.80. The number of carbonyl (C=O) groups excluding carboxylic acids is 1. The lowest BCUT2D eigenvalue weighted by atomic mass is 9.77. The van der Waals surface area contributed by atoms with Crippen molar-refractivity contribution in [3.05, 3.63) is 70.7 Å². The molecule has 4 aliphatic rings. The molecule has 0 aromatic heterocycles. The van der Waals surface area contributed by atoms with Crippen LogP contribution in [0.2, 0.25) is 0 Å². The summed E-state index contributed by atoms with van der Waals surface area (Å²) in [5.74, 6) is 0.831. The van der Waals surface area contributed by atoms with Crippen LogP contribution in [0.4, 0.5) is 10.1 Å². The number of rotatable bonds is 3. The highest BCUT2D eigenvalue weighted by Gasteiger charge is 2.56. The molecule has 0 spiro atoms. The monoisotopic (exact) mass is 449 g/mol. The lowest BCUT2D eigenvalue weighted by molar-refractivity contribution is -0.134. The van der Waals surface area contributed by atoms with E-state index in [0.717, 1.165) is 41.0 Å². The molecule has 0 radical (unpaired) electrons. The number of hydrogen-bond donors (Lipinski definition) is 2. The lowest BCUT2D eigenvalue weighted by Gasteiger charge is -2.44. The molecule has 2 aromatic carbocycles. The maximum atomic E-state index is 13.8. The summed E-state index contributed by atoms with van der Waals surface area (Å²) < 4.78 is 16.6. The van der Waals surface area contributed by atoms with Crippen LogP contribution >= 0.6 is 11.9 Å². The highest BCUT2D eigenvalue weighted by Crippen LogP contribution is 2.55. The summed E-state index contributed by atoms with van der Waals surface area (Å²) in [4.78, 5) is 21.4. The highest BCUT2D eigenvalue weighted by molar-refractivity contribution is 7.98. The molecule has 2 saturated carbocycles. The maximum Gasteiger partial charge on any atom is 0.261 e. The number of aliphatic hydroxyl groups excluding tert-OH is 1. The smallest absolute Gasteiger partial charge is 0.261 e. The molecule has 2 aliphatic heterocycles. The second-order valence-electron chi connectivity index (χ2n) is 9.31. The maximum absolute atomic E-state index is 13.8. The van der Waals surface area contributed by atoms with Crippen LogP contribution in [0, 0.1) is 30.5 Å². The van der Waals surface area contributed by atoms with Gasteiger partial charge >= 0.3 is 0 Å². The summed E-state index contributed by atoms with van der Waals surface area (Å²) in [6, 6.07) is 12.3. The van der Waals surface area contributed by atoms with Gasteiger partial charge in [0.1, 0.15) is 17.1 Å². The summed E-state index contributed by atoms with van der Waals surface area (Å²) in [6.45, 7) is 2.43. The largest absolute Gasteiger partial charge is 0.511 e. The van der Waals surface area contributed by atoms with E-state index in [4.69, 9.17) is 4.99 Å². The predicted octanol–water partition coefficient (Wildman–Crippen LogP) is 5.04. The first-order chi connectivity index (χ1) is 15.5. The number of amides is 1. The minimum atomic E-state index is -0.290. The topological polar surface area (TPSA) is 64.9 Å². The molecule has 2 aliphatic carbocycles. The number of nitrogens with zero attached hydrogens (tertiary/aromatic N) is 2. The number of halogens is 1. The van der Waals surface area contributed by atoms with Gasteiger partial charge in [0.15, 0.2) is 5.84 Å². The molecule has 2 N–H and O–H groups in total. The zero-order chi connectivity index (χ0) is 22.0. The molecular weight excluding hydrogens is 425 g/mol. The van der Waals surface area contributed by atoms with Gasteiger partial charge in [0.2, 0.25) is 0 Å². The van der Waals surface area contributed by atoms with Gasteiger partial charge in [-0.3, -0.25) is 4.79 Å². The summed E-state index contributed by atoms with van der Waals surface area (Å²) in [7, 11) is 0. The quantitative estimate of drug-likeness (QED) is 0.644. The van der Waals surface area contributed by atoms with Gasteiger partial charge in [-0.2, -0.15) is 0 Å². The van der Waals surface area contributed by atoms with Gasteiger partial charge in [0, 0.05) is 18.5 Å². The second-order valence-corrected chi connectivity index (χ2v) is 10.2.